The number of esters is 2. The van der Waals surface area contributed by atoms with Crippen LogP contribution in [-0.4, -0.2) is 99.6 Å². The third-order valence-electron chi connectivity index (χ3n) is 8.34. The summed E-state index contributed by atoms with van der Waals surface area (Å²) in [6.45, 7) is 11.9. The van der Waals surface area contributed by atoms with Crippen LogP contribution < -0.4 is 16.0 Å². The molecule has 0 aliphatic heterocycles. The average molecular weight is 907 g/mol. The SMILES string of the molecule is CCCCCCCCCCCCCCCCCCNC(=O)OC[C@@H](O)CSCC(NC(=O)OCC(Cl)(Cl)Cl)C(=O)N[C@H](CCC(=O)OC(C)(C)C)C(=O)OC(C)(C)C. The molecule has 3 amide bonds. The Hall–Kier alpha value is -1.87. The first-order valence-corrected chi connectivity index (χ1v) is 23.3. The third kappa shape index (κ3) is 36.0. The number of aliphatic hydroxyl groups excluding tert-OH is 1. The lowest BCUT2D eigenvalue weighted by Gasteiger charge is -2.26. The smallest absolute Gasteiger partial charge is 0.407 e. The van der Waals surface area contributed by atoms with Crippen LogP contribution in [0.2, 0.25) is 0 Å². The van der Waals surface area contributed by atoms with Crippen molar-refractivity contribution in [2.45, 2.75) is 197 Å². The van der Waals surface area contributed by atoms with Gasteiger partial charge < -0.3 is 40.0 Å². The molecule has 0 aromatic rings. The lowest BCUT2D eigenvalue weighted by molar-refractivity contribution is -0.160. The summed E-state index contributed by atoms with van der Waals surface area (Å²) in [5, 5.41) is 18.1. The largest absolute Gasteiger partial charge is 0.460 e. The van der Waals surface area contributed by atoms with Gasteiger partial charge in [-0.05, 0) is 54.4 Å². The van der Waals surface area contributed by atoms with E-state index in [-0.39, 0.29) is 31.0 Å². The van der Waals surface area contributed by atoms with Crippen LogP contribution in [0.3, 0.4) is 0 Å². The number of thioether (sulfide) groups is 1. The standard InChI is InChI=1S/C41H74Cl3N3O10S/c1-8-9-10-11-12-13-14-15-16-17-18-19-20-21-22-23-26-45-37(52)54-27-31(48)28-58-29-33(47-38(53)55-30-41(42,43)44)35(50)46-32(36(51)57-40(5,6)7)24-25-34(49)56-39(2,3)4/h31-33,48H,8-30H2,1-7H3,(H,45,52)(H,46,50)(H,47,53)/t31-,32-,33?/m1/s1. The van der Waals surface area contributed by atoms with Crippen LogP contribution in [0.1, 0.15) is 164 Å². The van der Waals surface area contributed by atoms with E-state index in [2.05, 4.69) is 22.9 Å². The van der Waals surface area contributed by atoms with Crippen molar-refractivity contribution in [2.24, 2.45) is 0 Å². The van der Waals surface area contributed by atoms with Gasteiger partial charge in [0.2, 0.25) is 9.70 Å². The number of carbonyl (C=O) groups is 5. The Morgan fingerprint density at radius 3 is 1.62 bits per heavy atom. The van der Waals surface area contributed by atoms with Gasteiger partial charge in [-0.2, -0.15) is 11.8 Å². The highest BCUT2D eigenvalue weighted by molar-refractivity contribution is 7.99. The maximum atomic E-state index is 13.5. The average Bonchev–Trinajstić information content (AvgIpc) is 3.10. The zero-order valence-corrected chi connectivity index (χ0v) is 39.2. The molecule has 13 nitrogen and oxygen atoms in total. The van der Waals surface area contributed by atoms with Gasteiger partial charge in [0.1, 0.15) is 36.5 Å². The number of hydrogen-bond acceptors (Lipinski definition) is 11. The predicted octanol–water partition coefficient (Wildman–Crippen LogP) is 9.48. The summed E-state index contributed by atoms with van der Waals surface area (Å²) in [6.07, 6.45) is 17.1. The molecule has 0 spiro atoms. The van der Waals surface area contributed by atoms with Crippen molar-refractivity contribution in [3.05, 3.63) is 0 Å². The minimum absolute atomic E-state index is 0.0230. The third-order valence-corrected chi connectivity index (χ3v) is 9.86. The fraction of sp³-hybridized carbons (Fsp3) is 0.878. The van der Waals surface area contributed by atoms with E-state index in [0.717, 1.165) is 31.0 Å². The molecule has 340 valence electrons. The van der Waals surface area contributed by atoms with E-state index in [1.54, 1.807) is 41.5 Å². The first kappa shape index (κ1) is 56.1. The molecule has 3 atom stereocenters. The summed E-state index contributed by atoms with van der Waals surface area (Å²) >= 11 is 18.1. The van der Waals surface area contributed by atoms with Crippen molar-refractivity contribution in [2.75, 3.05) is 31.3 Å². The maximum Gasteiger partial charge on any atom is 0.407 e. The number of alkyl halides is 3. The second-order valence-corrected chi connectivity index (χ2v) is 20.2. The Morgan fingerprint density at radius 2 is 1.14 bits per heavy atom. The second kappa shape index (κ2) is 31.9. The van der Waals surface area contributed by atoms with Crippen LogP contribution >= 0.6 is 46.6 Å². The van der Waals surface area contributed by atoms with E-state index < -0.39 is 69.8 Å². The van der Waals surface area contributed by atoms with Gasteiger partial charge in [-0.3, -0.25) is 9.59 Å². The van der Waals surface area contributed by atoms with Gasteiger partial charge in [0, 0.05) is 24.5 Å². The second-order valence-electron chi connectivity index (χ2n) is 16.6. The number of halogens is 3. The molecule has 17 heteroatoms. The summed E-state index contributed by atoms with van der Waals surface area (Å²) in [6, 6.07) is -2.59. The molecule has 0 aliphatic carbocycles. The van der Waals surface area contributed by atoms with E-state index in [1.165, 1.54) is 83.5 Å². The van der Waals surface area contributed by atoms with Crippen LogP contribution in [0.4, 0.5) is 9.59 Å². The van der Waals surface area contributed by atoms with Crippen LogP contribution in [0.15, 0.2) is 0 Å². The van der Waals surface area contributed by atoms with E-state index in [9.17, 15) is 29.1 Å². The highest BCUT2D eigenvalue weighted by Crippen LogP contribution is 2.26. The highest BCUT2D eigenvalue weighted by Gasteiger charge is 2.32. The van der Waals surface area contributed by atoms with Gasteiger partial charge in [0.15, 0.2) is 0 Å². The van der Waals surface area contributed by atoms with Gasteiger partial charge in [0.25, 0.3) is 0 Å². The molecule has 0 rings (SSSR count). The zero-order valence-electron chi connectivity index (χ0n) is 36.2. The molecular formula is C41H74Cl3N3O10S. The number of ether oxygens (including phenoxy) is 4. The van der Waals surface area contributed by atoms with Gasteiger partial charge in [-0.25, -0.2) is 14.4 Å². The van der Waals surface area contributed by atoms with Crippen molar-refractivity contribution in [3.63, 3.8) is 0 Å². The monoisotopic (exact) mass is 905 g/mol. The molecule has 0 bridgehead atoms. The quantitative estimate of drug-likeness (QED) is 0.0225. The van der Waals surface area contributed by atoms with E-state index in [0.29, 0.717) is 6.54 Å². The van der Waals surface area contributed by atoms with Crippen molar-refractivity contribution in [1.29, 1.82) is 0 Å². The first-order chi connectivity index (χ1) is 27.1. The van der Waals surface area contributed by atoms with Crippen molar-refractivity contribution >= 4 is 76.6 Å². The number of rotatable bonds is 31. The molecule has 0 saturated heterocycles. The molecule has 0 aromatic carbocycles. The number of aliphatic hydroxyl groups is 1. The molecule has 0 radical (unpaired) electrons. The molecular weight excluding hydrogens is 833 g/mol. The van der Waals surface area contributed by atoms with Crippen LogP contribution in [0, 0.1) is 0 Å². The Balaban J connectivity index is 4.77. The minimum atomic E-state index is -1.91. The van der Waals surface area contributed by atoms with Gasteiger partial charge >= 0.3 is 24.1 Å². The van der Waals surface area contributed by atoms with Crippen molar-refractivity contribution in [1.82, 2.24) is 16.0 Å². The Bertz CT molecular complexity index is 1170. The van der Waals surface area contributed by atoms with E-state index >= 15 is 0 Å². The minimum Gasteiger partial charge on any atom is -0.460 e. The predicted molar refractivity (Wildman–Crippen MR) is 234 cm³/mol. The molecule has 4 N–H and O–H groups in total. The number of alkyl carbamates (subject to hydrolysis) is 2. The summed E-state index contributed by atoms with van der Waals surface area (Å²) in [7, 11) is 0. The summed E-state index contributed by atoms with van der Waals surface area (Å²) in [5.74, 6) is -2.27. The number of amides is 3. The zero-order chi connectivity index (χ0) is 44.0. The normalized spacial score (nSPS) is 13.5. The number of unbranched alkanes of at least 4 members (excludes halogenated alkanes) is 15. The maximum absolute atomic E-state index is 13.5. The summed E-state index contributed by atoms with van der Waals surface area (Å²) in [4.78, 5) is 63.7. The van der Waals surface area contributed by atoms with E-state index in [4.69, 9.17) is 53.8 Å². The van der Waals surface area contributed by atoms with Crippen LogP contribution in [0.25, 0.3) is 0 Å². The van der Waals surface area contributed by atoms with Crippen molar-refractivity contribution < 1.29 is 48.0 Å². The molecule has 0 aromatic heterocycles. The Labute approximate surface area is 367 Å². The lowest BCUT2D eigenvalue weighted by Crippen LogP contribution is -2.54. The fourth-order valence-electron chi connectivity index (χ4n) is 5.52. The topological polar surface area (TPSA) is 179 Å². The fourth-order valence-corrected chi connectivity index (χ4v) is 6.66. The number of hydrogen-bond donors (Lipinski definition) is 4. The van der Waals surface area contributed by atoms with Gasteiger partial charge in [0.05, 0.1) is 6.10 Å². The first-order valence-electron chi connectivity index (χ1n) is 21.0. The molecule has 58 heavy (non-hydrogen) atoms. The van der Waals surface area contributed by atoms with E-state index in [1.807, 2.05) is 0 Å². The Morgan fingerprint density at radius 1 is 0.638 bits per heavy atom. The molecule has 1 unspecified atom stereocenters. The highest BCUT2D eigenvalue weighted by atomic mass is 35.6. The van der Waals surface area contributed by atoms with Crippen molar-refractivity contribution in [3.8, 4) is 0 Å². The number of nitrogens with one attached hydrogen (secondary N) is 3. The molecule has 0 heterocycles. The molecule has 0 fully saturated rings. The van der Waals surface area contributed by atoms with Gasteiger partial charge in [-0.15, -0.1) is 0 Å². The van der Waals surface area contributed by atoms with Crippen LogP contribution in [0.5, 0.6) is 0 Å². The lowest BCUT2D eigenvalue weighted by atomic mass is 10.0. The molecule has 0 aliphatic rings. The van der Waals surface area contributed by atoms with Crippen LogP contribution in [-0.2, 0) is 33.3 Å². The number of carbonyl (C=O) groups excluding carboxylic acids is 5. The summed E-state index contributed by atoms with van der Waals surface area (Å²) in [5.41, 5.74) is -1.66. The molecule has 0 saturated carbocycles. The summed E-state index contributed by atoms with van der Waals surface area (Å²) < 4.78 is 19.0. The van der Waals surface area contributed by atoms with Gasteiger partial charge in [-0.1, -0.05) is 138 Å². The Kier molecular flexibility index (Phi) is 30.9.